The summed E-state index contributed by atoms with van der Waals surface area (Å²) in [4.78, 5) is 21.9. The Bertz CT molecular complexity index is 614. The van der Waals surface area contributed by atoms with E-state index in [0.29, 0.717) is 18.5 Å². The number of amides is 1. The van der Waals surface area contributed by atoms with Gasteiger partial charge in [-0.1, -0.05) is 6.07 Å². The van der Waals surface area contributed by atoms with Gasteiger partial charge >= 0.3 is 0 Å². The molecule has 1 aromatic carbocycles. The van der Waals surface area contributed by atoms with Crippen LogP contribution in [0.3, 0.4) is 0 Å². The Balaban J connectivity index is 1.45. The third-order valence-electron chi connectivity index (χ3n) is 5.98. The van der Waals surface area contributed by atoms with Crippen molar-refractivity contribution in [3.05, 3.63) is 29.3 Å². The molecule has 2 saturated heterocycles. The highest BCUT2D eigenvalue weighted by Crippen LogP contribution is 2.20. The van der Waals surface area contributed by atoms with Crippen molar-refractivity contribution in [3.63, 3.8) is 0 Å². The molecule has 1 amide bonds. The first-order valence-corrected chi connectivity index (χ1v) is 10.0. The summed E-state index contributed by atoms with van der Waals surface area (Å²) in [5.74, 6) is 0.299. The molecule has 0 N–H and O–H groups in total. The maximum Gasteiger partial charge on any atom is 0.236 e. The summed E-state index contributed by atoms with van der Waals surface area (Å²) in [6, 6.07) is 7.28. The Kier molecular flexibility index (Phi) is 6.20. The van der Waals surface area contributed by atoms with Crippen LogP contribution in [0.5, 0.6) is 0 Å². The van der Waals surface area contributed by atoms with Crippen LogP contribution in [-0.2, 0) is 4.79 Å². The van der Waals surface area contributed by atoms with Crippen LogP contribution in [0.1, 0.15) is 25.0 Å². The number of rotatable bonds is 4. The molecular weight excluding hydrogens is 324 g/mol. The fraction of sp³-hybridized carbons (Fsp3) is 0.667. The largest absolute Gasteiger partial charge is 0.369 e. The standard InChI is InChI=1S/C21H34N4O/c1-17(2)23-11-13-25(14-12-23)21(26)16-22-7-9-24(10-8-22)20-6-5-18(3)19(4)15-20/h5-6,15,17H,7-14,16H2,1-4H3. The monoisotopic (exact) mass is 358 g/mol. The fourth-order valence-electron chi connectivity index (χ4n) is 3.87. The summed E-state index contributed by atoms with van der Waals surface area (Å²) >= 11 is 0. The van der Waals surface area contributed by atoms with Crippen LogP contribution < -0.4 is 4.90 Å². The average Bonchev–Trinajstić information content (AvgIpc) is 2.64. The quantitative estimate of drug-likeness (QED) is 0.823. The van der Waals surface area contributed by atoms with E-state index in [0.717, 1.165) is 52.4 Å². The Labute approximate surface area is 158 Å². The van der Waals surface area contributed by atoms with Crippen LogP contribution in [0.15, 0.2) is 18.2 Å². The van der Waals surface area contributed by atoms with Crippen molar-refractivity contribution in [3.8, 4) is 0 Å². The lowest BCUT2D eigenvalue weighted by Crippen LogP contribution is -2.54. The zero-order valence-electron chi connectivity index (χ0n) is 16.9. The van der Waals surface area contributed by atoms with Crippen molar-refractivity contribution in [2.75, 3.05) is 63.8 Å². The molecule has 26 heavy (non-hydrogen) atoms. The van der Waals surface area contributed by atoms with Crippen LogP contribution >= 0.6 is 0 Å². The molecule has 144 valence electrons. The number of aryl methyl sites for hydroxylation is 2. The molecule has 5 heteroatoms. The van der Waals surface area contributed by atoms with Gasteiger partial charge < -0.3 is 9.80 Å². The number of benzene rings is 1. The first-order valence-electron chi connectivity index (χ1n) is 10.0. The Morgan fingerprint density at radius 3 is 2.15 bits per heavy atom. The minimum atomic E-state index is 0.299. The normalized spacial score (nSPS) is 20.0. The molecule has 5 nitrogen and oxygen atoms in total. The number of hydrogen-bond acceptors (Lipinski definition) is 4. The Morgan fingerprint density at radius 2 is 1.58 bits per heavy atom. The van der Waals surface area contributed by atoms with Crippen LogP contribution in [0.25, 0.3) is 0 Å². The smallest absolute Gasteiger partial charge is 0.236 e. The Morgan fingerprint density at radius 1 is 0.923 bits per heavy atom. The van der Waals surface area contributed by atoms with Crippen molar-refractivity contribution in [2.24, 2.45) is 0 Å². The summed E-state index contributed by atoms with van der Waals surface area (Å²) in [6.45, 7) is 17.0. The van der Waals surface area contributed by atoms with Crippen molar-refractivity contribution in [1.29, 1.82) is 0 Å². The van der Waals surface area contributed by atoms with Crippen molar-refractivity contribution in [1.82, 2.24) is 14.7 Å². The maximum absolute atomic E-state index is 12.6. The van der Waals surface area contributed by atoms with Gasteiger partial charge in [0.2, 0.25) is 5.91 Å². The van der Waals surface area contributed by atoms with Crippen LogP contribution in [0, 0.1) is 13.8 Å². The summed E-state index contributed by atoms with van der Waals surface area (Å²) in [7, 11) is 0. The molecule has 0 aliphatic carbocycles. The molecule has 0 radical (unpaired) electrons. The van der Waals surface area contributed by atoms with Gasteiger partial charge in [-0.15, -0.1) is 0 Å². The highest BCUT2D eigenvalue weighted by Gasteiger charge is 2.25. The van der Waals surface area contributed by atoms with E-state index in [1.165, 1.54) is 16.8 Å². The van der Waals surface area contributed by atoms with Gasteiger partial charge in [0.25, 0.3) is 0 Å². The van der Waals surface area contributed by atoms with Gasteiger partial charge in [-0.05, 0) is 51.0 Å². The molecular formula is C21H34N4O. The zero-order valence-corrected chi connectivity index (χ0v) is 16.9. The molecule has 1 aromatic rings. The van der Waals surface area contributed by atoms with Crippen molar-refractivity contribution in [2.45, 2.75) is 33.7 Å². The van der Waals surface area contributed by atoms with E-state index < -0.39 is 0 Å². The lowest BCUT2D eigenvalue weighted by atomic mass is 10.1. The molecule has 0 spiro atoms. The van der Waals surface area contributed by atoms with Gasteiger partial charge in [0, 0.05) is 64.1 Å². The predicted molar refractivity (Wildman–Crippen MR) is 108 cm³/mol. The molecule has 2 aliphatic rings. The van der Waals surface area contributed by atoms with Gasteiger partial charge in [0.1, 0.15) is 0 Å². The maximum atomic E-state index is 12.6. The van der Waals surface area contributed by atoms with Gasteiger partial charge in [0.05, 0.1) is 6.54 Å². The molecule has 0 bridgehead atoms. The van der Waals surface area contributed by atoms with Crippen molar-refractivity contribution >= 4 is 11.6 Å². The second-order valence-corrected chi connectivity index (χ2v) is 8.04. The second-order valence-electron chi connectivity index (χ2n) is 8.04. The van der Waals surface area contributed by atoms with E-state index in [4.69, 9.17) is 0 Å². The molecule has 3 rings (SSSR count). The molecule has 0 unspecified atom stereocenters. The SMILES string of the molecule is Cc1ccc(N2CCN(CC(=O)N3CCN(C(C)C)CC3)CC2)cc1C. The van der Waals surface area contributed by atoms with E-state index in [2.05, 4.69) is 65.5 Å². The van der Waals surface area contributed by atoms with Crippen LogP contribution in [0.4, 0.5) is 5.69 Å². The Hall–Kier alpha value is -1.59. The van der Waals surface area contributed by atoms with Gasteiger partial charge in [-0.3, -0.25) is 14.6 Å². The van der Waals surface area contributed by atoms with Crippen LogP contribution in [-0.4, -0.2) is 85.6 Å². The third-order valence-corrected chi connectivity index (χ3v) is 5.98. The number of carbonyl (C=O) groups is 1. The summed E-state index contributed by atoms with van der Waals surface area (Å²) in [5.41, 5.74) is 4.00. The minimum Gasteiger partial charge on any atom is -0.369 e. The van der Waals surface area contributed by atoms with Gasteiger partial charge in [0.15, 0.2) is 0 Å². The number of carbonyl (C=O) groups excluding carboxylic acids is 1. The third kappa shape index (κ3) is 4.57. The summed E-state index contributed by atoms with van der Waals surface area (Å²) < 4.78 is 0. The first-order chi connectivity index (χ1) is 12.4. The second kappa shape index (κ2) is 8.40. The fourth-order valence-corrected chi connectivity index (χ4v) is 3.87. The predicted octanol–water partition coefficient (Wildman–Crippen LogP) is 1.98. The molecule has 2 fully saturated rings. The van der Waals surface area contributed by atoms with E-state index in [1.54, 1.807) is 0 Å². The number of piperazine rings is 2. The van der Waals surface area contributed by atoms with E-state index >= 15 is 0 Å². The van der Waals surface area contributed by atoms with Gasteiger partial charge in [-0.2, -0.15) is 0 Å². The van der Waals surface area contributed by atoms with E-state index in [1.807, 2.05) is 0 Å². The first kappa shape index (κ1) is 19.2. The molecule has 0 atom stereocenters. The van der Waals surface area contributed by atoms with E-state index in [-0.39, 0.29) is 0 Å². The number of hydrogen-bond donors (Lipinski definition) is 0. The molecule has 0 saturated carbocycles. The van der Waals surface area contributed by atoms with Gasteiger partial charge in [-0.25, -0.2) is 0 Å². The molecule has 2 heterocycles. The summed E-state index contributed by atoms with van der Waals surface area (Å²) in [5, 5.41) is 0. The van der Waals surface area contributed by atoms with Crippen molar-refractivity contribution < 1.29 is 4.79 Å². The molecule has 2 aliphatic heterocycles. The number of anilines is 1. The van der Waals surface area contributed by atoms with Crippen LogP contribution in [0.2, 0.25) is 0 Å². The average molecular weight is 359 g/mol. The van der Waals surface area contributed by atoms with E-state index in [9.17, 15) is 4.79 Å². The zero-order chi connectivity index (χ0) is 18.7. The minimum absolute atomic E-state index is 0.299. The number of nitrogens with zero attached hydrogens (tertiary/aromatic N) is 4. The summed E-state index contributed by atoms with van der Waals surface area (Å²) in [6.07, 6.45) is 0. The topological polar surface area (TPSA) is 30.0 Å². The lowest BCUT2D eigenvalue weighted by molar-refractivity contribution is -0.134. The highest BCUT2D eigenvalue weighted by molar-refractivity contribution is 5.78. The lowest BCUT2D eigenvalue weighted by Gasteiger charge is -2.39. The highest BCUT2D eigenvalue weighted by atomic mass is 16.2. The molecule has 0 aromatic heterocycles.